The maximum atomic E-state index is 13.4. The first-order valence-corrected chi connectivity index (χ1v) is 8.17. The molecule has 0 unspecified atom stereocenters. The number of nitrogens with one attached hydrogen (secondary N) is 1. The van der Waals surface area contributed by atoms with E-state index in [1.54, 1.807) is 6.20 Å². The van der Waals surface area contributed by atoms with Crippen LogP contribution in [0.1, 0.15) is 16.8 Å². The van der Waals surface area contributed by atoms with Crippen molar-refractivity contribution in [2.45, 2.75) is 6.54 Å². The summed E-state index contributed by atoms with van der Waals surface area (Å²) in [6.45, 7) is 0.617. The van der Waals surface area contributed by atoms with Gasteiger partial charge in [0.1, 0.15) is 11.6 Å². The lowest BCUT2D eigenvalue weighted by Crippen LogP contribution is -1.98. The molecule has 1 aromatic heterocycles. The summed E-state index contributed by atoms with van der Waals surface area (Å²) in [7, 11) is 0. The van der Waals surface area contributed by atoms with Gasteiger partial charge in [-0.1, -0.05) is 12.1 Å². The average Bonchev–Trinajstić information content (AvgIpc) is 3.02. The Hall–Kier alpha value is -3.34. The number of rotatable bonds is 4. The van der Waals surface area contributed by atoms with Crippen LogP contribution in [0.15, 0.2) is 71.9 Å². The molecule has 26 heavy (non-hydrogen) atoms. The van der Waals surface area contributed by atoms with Gasteiger partial charge in [-0.2, -0.15) is 0 Å². The minimum Gasteiger partial charge on any atom is -0.355 e. The van der Waals surface area contributed by atoms with Crippen molar-refractivity contribution in [3.63, 3.8) is 0 Å². The van der Waals surface area contributed by atoms with E-state index >= 15 is 0 Å². The predicted molar refractivity (Wildman–Crippen MR) is 99.6 cm³/mol. The molecule has 2 heterocycles. The minimum atomic E-state index is -0.616. The van der Waals surface area contributed by atoms with Crippen LogP contribution in [0.25, 0.3) is 6.08 Å². The van der Waals surface area contributed by atoms with Crippen LogP contribution < -0.4 is 5.32 Å². The Morgan fingerprint density at radius 1 is 0.885 bits per heavy atom. The van der Waals surface area contributed by atoms with Crippen molar-refractivity contribution < 1.29 is 8.78 Å². The highest BCUT2D eigenvalue weighted by atomic mass is 19.1. The zero-order valence-electron chi connectivity index (χ0n) is 13.8. The van der Waals surface area contributed by atoms with Gasteiger partial charge >= 0.3 is 0 Å². The summed E-state index contributed by atoms with van der Waals surface area (Å²) in [6.07, 6.45) is 5.58. The number of benzene rings is 2. The van der Waals surface area contributed by atoms with Gasteiger partial charge in [-0.05, 0) is 54.1 Å². The predicted octanol–water partition coefficient (Wildman–Crippen LogP) is 5.12. The summed E-state index contributed by atoms with van der Waals surface area (Å²) in [6, 6.07) is 14.9. The second-order valence-electron chi connectivity index (χ2n) is 5.94. The molecule has 0 saturated carbocycles. The summed E-state index contributed by atoms with van der Waals surface area (Å²) in [5.74, 6) is -1.23. The van der Waals surface area contributed by atoms with E-state index in [0.717, 1.165) is 34.3 Å². The molecule has 1 aliphatic heterocycles. The lowest BCUT2D eigenvalue weighted by Gasteiger charge is -2.09. The molecule has 3 aromatic rings. The molecule has 0 atom stereocenters. The third-order valence-electron chi connectivity index (χ3n) is 4.06. The topological polar surface area (TPSA) is 37.3 Å². The van der Waals surface area contributed by atoms with E-state index in [0.29, 0.717) is 12.2 Å². The number of fused-ring (bicyclic) bond motifs is 1. The molecule has 5 heteroatoms. The van der Waals surface area contributed by atoms with E-state index in [1.807, 2.05) is 48.6 Å². The summed E-state index contributed by atoms with van der Waals surface area (Å²) in [5, 5.41) is 3.04. The molecule has 3 nitrogen and oxygen atoms in total. The largest absolute Gasteiger partial charge is 0.355 e. The summed E-state index contributed by atoms with van der Waals surface area (Å²) >= 11 is 0. The fraction of sp³-hybridized carbons (Fsp3) is 0.0476. The number of aliphatic imine (C=N–C) groups is 1. The first-order valence-electron chi connectivity index (χ1n) is 8.17. The third-order valence-corrected chi connectivity index (χ3v) is 4.06. The fourth-order valence-corrected chi connectivity index (χ4v) is 2.86. The maximum Gasteiger partial charge on any atom is 0.128 e. The van der Waals surface area contributed by atoms with Crippen molar-refractivity contribution >= 4 is 23.2 Å². The van der Waals surface area contributed by atoms with Crippen molar-refractivity contribution in [2.24, 2.45) is 4.99 Å². The van der Waals surface area contributed by atoms with Gasteiger partial charge in [0, 0.05) is 29.2 Å². The van der Waals surface area contributed by atoms with E-state index in [9.17, 15) is 8.78 Å². The summed E-state index contributed by atoms with van der Waals surface area (Å²) in [4.78, 5) is 8.81. The van der Waals surface area contributed by atoms with Crippen LogP contribution in [-0.4, -0.2) is 10.7 Å². The highest BCUT2D eigenvalue weighted by Crippen LogP contribution is 2.26. The normalized spacial score (nSPS) is 12.9. The Morgan fingerprint density at radius 3 is 2.50 bits per heavy atom. The van der Waals surface area contributed by atoms with Crippen LogP contribution in [0.4, 0.5) is 20.2 Å². The van der Waals surface area contributed by atoms with Gasteiger partial charge in [0.15, 0.2) is 0 Å². The Kier molecular flexibility index (Phi) is 4.27. The molecule has 1 aliphatic rings. The number of pyridine rings is 1. The highest BCUT2D eigenvalue weighted by molar-refractivity contribution is 6.13. The van der Waals surface area contributed by atoms with Crippen LogP contribution in [0, 0.1) is 11.6 Å². The number of hydrogen-bond donors (Lipinski definition) is 1. The second-order valence-corrected chi connectivity index (χ2v) is 5.94. The Bertz CT molecular complexity index is 991. The van der Waals surface area contributed by atoms with E-state index in [2.05, 4.69) is 15.3 Å². The summed E-state index contributed by atoms with van der Waals surface area (Å²) in [5.41, 5.74) is 4.94. The first kappa shape index (κ1) is 16.1. The van der Waals surface area contributed by atoms with E-state index in [4.69, 9.17) is 0 Å². The highest BCUT2D eigenvalue weighted by Gasteiger charge is 2.14. The van der Waals surface area contributed by atoms with Gasteiger partial charge in [0.25, 0.3) is 0 Å². The molecule has 0 radical (unpaired) electrons. The van der Waals surface area contributed by atoms with Crippen LogP contribution in [0.3, 0.4) is 0 Å². The second kappa shape index (κ2) is 6.88. The molecule has 0 bridgehead atoms. The molecule has 2 aromatic carbocycles. The van der Waals surface area contributed by atoms with Gasteiger partial charge in [-0.25, -0.2) is 8.78 Å². The van der Waals surface area contributed by atoms with Gasteiger partial charge in [-0.15, -0.1) is 0 Å². The van der Waals surface area contributed by atoms with E-state index < -0.39 is 11.6 Å². The average molecular weight is 347 g/mol. The first-order chi connectivity index (χ1) is 12.7. The molecule has 0 saturated heterocycles. The number of anilines is 2. The van der Waals surface area contributed by atoms with Gasteiger partial charge in [0.2, 0.25) is 0 Å². The smallest absolute Gasteiger partial charge is 0.128 e. The van der Waals surface area contributed by atoms with Crippen molar-refractivity contribution in [1.29, 1.82) is 0 Å². The molecule has 0 fully saturated rings. The maximum absolute atomic E-state index is 13.4. The van der Waals surface area contributed by atoms with E-state index in [1.165, 1.54) is 12.1 Å². The third kappa shape index (κ3) is 3.52. The Labute approximate surface area is 149 Å². The Balaban J connectivity index is 1.58. The van der Waals surface area contributed by atoms with Gasteiger partial charge in [0.05, 0.1) is 18.0 Å². The molecule has 0 amide bonds. The van der Waals surface area contributed by atoms with Crippen LogP contribution in [0.5, 0.6) is 0 Å². The van der Waals surface area contributed by atoms with Gasteiger partial charge in [-0.3, -0.25) is 9.98 Å². The monoisotopic (exact) mass is 347 g/mol. The lowest BCUT2D eigenvalue weighted by molar-refractivity contribution is 0.584. The van der Waals surface area contributed by atoms with Crippen molar-refractivity contribution in [3.8, 4) is 0 Å². The zero-order valence-corrected chi connectivity index (χ0v) is 13.8. The number of halogens is 2. The van der Waals surface area contributed by atoms with Gasteiger partial charge < -0.3 is 5.32 Å². The zero-order chi connectivity index (χ0) is 17.9. The minimum absolute atomic E-state index is 0.364. The van der Waals surface area contributed by atoms with Crippen LogP contribution >= 0.6 is 0 Å². The number of allylic oxidation sites excluding steroid dienone is 1. The van der Waals surface area contributed by atoms with Crippen LogP contribution in [-0.2, 0) is 6.54 Å². The SMILES string of the molecule is Fc1cc(F)cc(Nc2ccc3c(c2)C(/C=C/c2ccccn2)=NC3)c1. The molecular formula is C21H15F2N3. The van der Waals surface area contributed by atoms with Crippen LogP contribution in [0.2, 0.25) is 0 Å². The summed E-state index contributed by atoms with van der Waals surface area (Å²) < 4.78 is 26.7. The number of nitrogens with zero attached hydrogens (tertiary/aromatic N) is 2. The Morgan fingerprint density at radius 2 is 1.73 bits per heavy atom. The fourth-order valence-electron chi connectivity index (χ4n) is 2.86. The quantitative estimate of drug-likeness (QED) is 0.711. The molecule has 4 rings (SSSR count). The van der Waals surface area contributed by atoms with Crippen molar-refractivity contribution in [2.75, 3.05) is 5.32 Å². The molecule has 0 aliphatic carbocycles. The lowest BCUT2D eigenvalue weighted by atomic mass is 10.0. The molecule has 0 spiro atoms. The number of hydrogen-bond acceptors (Lipinski definition) is 3. The molecular weight excluding hydrogens is 332 g/mol. The molecule has 1 N–H and O–H groups in total. The molecule has 128 valence electrons. The van der Waals surface area contributed by atoms with E-state index in [-0.39, 0.29) is 0 Å². The van der Waals surface area contributed by atoms with Crippen molar-refractivity contribution in [1.82, 2.24) is 4.98 Å². The van der Waals surface area contributed by atoms with Crippen molar-refractivity contribution in [3.05, 3.63) is 95.3 Å². The standard InChI is InChI=1S/C21H15F2N3/c22-15-9-16(23)11-19(10-15)26-18-5-4-14-13-25-21(20(14)12-18)7-6-17-3-1-2-8-24-17/h1-12,26H,13H2/b7-6+. The number of aromatic nitrogens is 1.